The van der Waals surface area contributed by atoms with Crippen LogP contribution in [0.1, 0.15) is 36.8 Å². The molecule has 1 aromatic carbocycles. The highest BCUT2D eigenvalue weighted by Gasteiger charge is 2.18. The summed E-state index contributed by atoms with van der Waals surface area (Å²) in [4.78, 5) is 13.7. The zero-order chi connectivity index (χ0) is 12.3. The SMILES string of the molecule is Cc1cccc(CN2CCCCCC2=O)c1O. The van der Waals surface area contributed by atoms with E-state index in [2.05, 4.69) is 0 Å². The van der Waals surface area contributed by atoms with Crippen LogP contribution >= 0.6 is 0 Å². The van der Waals surface area contributed by atoms with Gasteiger partial charge >= 0.3 is 0 Å². The summed E-state index contributed by atoms with van der Waals surface area (Å²) in [6.07, 6.45) is 3.84. The lowest BCUT2D eigenvalue weighted by atomic mass is 10.1. The Morgan fingerprint density at radius 2 is 2.12 bits per heavy atom. The summed E-state index contributed by atoms with van der Waals surface area (Å²) in [5, 5.41) is 9.95. The standard InChI is InChI=1S/C14H19NO2/c1-11-6-5-7-12(14(11)17)10-15-9-4-2-3-8-13(15)16/h5-7,17H,2-4,8-10H2,1H3. The Morgan fingerprint density at radius 3 is 2.94 bits per heavy atom. The molecule has 1 saturated heterocycles. The van der Waals surface area contributed by atoms with Crippen molar-refractivity contribution in [2.24, 2.45) is 0 Å². The van der Waals surface area contributed by atoms with E-state index in [1.54, 1.807) is 0 Å². The van der Waals surface area contributed by atoms with E-state index < -0.39 is 0 Å². The van der Waals surface area contributed by atoms with Crippen molar-refractivity contribution in [3.05, 3.63) is 29.3 Å². The molecule has 3 heteroatoms. The van der Waals surface area contributed by atoms with Gasteiger partial charge in [-0.05, 0) is 25.3 Å². The summed E-state index contributed by atoms with van der Waals surface area (Å²) < 4.78 is 0. The van der Waals surface area contributed by atoms with Crippen molar-refractivity contribution in [1.29, 1.82) is 0 Å². The van der Waals surface area contributed by atoms with Crippen LogP contribution in [0.4, 0.5) is 0 Å². The lowest BCUT2D eigenvalue weighted by Gasteiger charge is -2.21. The highest BCUT2D eigenvalue weighted by molar-refractivity contribution is 5.76. The molecule has 1 fully saturated rings. The van der Waals surface area contributed by atoms with Crippen LogP contribution in [0.5, 0.6) is 5.75 Å². The third-order valence-electron chi connectivity index (χ3n) is 3.35. The average molecular weight is 233 g/mol. The molecule has 1 heterocycles. The number of rotatable bonds is 2. The van der Waals surface area contributed by atoms with Crippen LogP contribution in [0.2, 0.25) is 0 Å². The van der Waals surface area contributed by atoms with Gasteiger partial charge in [-0.2, -0.15) is 0 Å². The number of aromatic hydroxyl groups is 1. The van der Waals surface area contributed by atoms with Crippen LogP contribution in [0, 0.1) is 6.92 Å². The summed E-state index contributed by atoms with van der Waals surface area (Å²) in [7, 11) is 0. The molecule has 2 rings (SSSR count). The molecular weight excluding hydrogens is 214 g/mol. The molecule has 0 aliphatic carbocycles. The molecule has 1 aromatic rings. The average Bonchev–Trinajstić information content (AvgIpc) is 2.51. The number of amides is 1. The normalized spacial score (nSPS) is 17.0. The maximum atomic E-state index is 11.9. The summed E-state index contributed by atoms with van der Waals surface area (Å²) >= 11 is 0. The zero-order valence-electron chi connectivity index (χ0n) is 10.3. The monoisotopic (exact) mass is 233 g/mol. The van der Waals surface area contributed by atoms with Crippen LogP contribution in [-0.2, 0) is 11.3 Å². The molecule has 0 radical (unpaired) electrons. The summed E-state index contributed by atoms with van der Waals surface area (Å²) in [6, 6.07) is 5.69. The molecule has 0 saturated carbocycles. The number of phenolic OH excluding ortho intramolecular Hbond substituents is 1. The maximum Gasteiger partial charge on any atom is 0.222 e. The fourth-order valence-electron chi connectivity index (χ4n) is 2.26. The Bertz CT molecular complexity index is 415. The number of likely N-dealkylation sites (tertiary alicyclic amines) is 1. The molecule has 0 spiro atoms. The van der Waals surface area contributed by atoms with Gasteiger partial charge in [-0.25, -0.2) is 0 Å². The highest BCUT2D eigenvalue weighted by atomic mass is 16.3. The first-order valence-electron chi connectivity index (χ1n) is 6.23. The van der Waals surface area contributed by atoms with E-state index in [1.165, 1.54) is 0 Å². The number of para-hydroxylation sites is 1. The number of benzene rings is 1. The molecule has 1 N–H and O–H groups in total. The molecule has 17 heavy (non-hydrogen) atoms. The van der Waals surface area contributed by atoms with Crippen molar-refractivity contribution in [1.82, 2.24) is 4.90 Å². The Morgan fingerprint density at radius 1 is 1.29 bits per heavy atom. The Kier molecular flexibility index (Phi) is 3.67. The lowest BCUT2D eigenvalue weighted by molar-refractivity contribution is -0.131. The number of phenols is 1. The Balaban J connectivity index is 2.13. The second kappa shape index (κ2) is 5.21. The van der Waals surface area contributed by atoms with Gasteiger partial charge in [0.2, 0.25) is 5.91 Å². The third-order valence-corrected chi connectivity index (χ3v) is 3.35. The number of carbonyl (C=O) groups is 1. The quantitative estimate of drug-likeness (QED) is 0.853. The summed E-state index contributed by atoms with van der Waals surface area (Å²) in [5.41, 5.74) is 1.71. The zero-order valence-corrected chi connectivity index (χ0v) is 10.3. The van der Waals surface area contributed by atoms with Crippen LogP contribution in [-0.4, -0.2) is 22.5 Å². The highest BCUT2D eigenvalue weighted by Crippen LogP contribution is 2.24. The van der Waals surface area contributed by atoms with Crippen molar-refractivity contribution in [2.75, 3.05) is 6.54 Å². The predicted molar refractivity (Wildman–Crippen MR) is 66.7 cm³/mol. The first-order chi connectivity index (χ1) is 8.18. The van der Waals surface area contributed by atoms with Crippen molar-refractivity contribution in [3.8, 4) is 5.75 Å². The summed E-state index contributed by atoms with van der Waals surface area (Å²) in [5.74, 6) is 0.535. The molecule has 1 aliphatic heterocycles. The van der Waals surface area contributed by atoms with Crippen molar-refractivity contribution < 1.29 is 9.90 Å². The minimum absolute atomic E-state index is 0.211. The van der Waals surface area contributed by atoms with E-state index in [-0.39, 0.29) is 5.91 Å². The molecule has 92 valence electrons. The molecule has 1 amide bonds. The Labute approximate surface area is 102 Å². The molecular formula is C14H19NO2. The molecule has 0 unspecified atom stereocenters. The van der Waals surface area contributed by atoms with Crippen LogP contribution in [0.3, 0.4) is 0 Å². The van der Waals surface area contributed by atoms with Crippen LogP contribution in [0.15, 0.2) is 18.2 Å². The second-order valence-corrected chi connectivity index (χ2v) is 4.71. The van der Waals surface area contributed by atoms with E-state index >= 15 is 0 Å². The van der Waals surface area contributed by atoms with Crippen molar-refractivity contribution in [2.45, 2.75) is 39.2 Å². The van der Waals surface area contributed by atoms with Gasteiger partial charge in [-0.3, -0.25) is 4.79 Å². The van der Waals surface area contributed by atoms with E-state index in [9.17, 15) is 9.90 Å². The largest absolute Gasteiger partial charge is 0.507 e. The van der Waals surface area contributed by atoms with Crippen LogP contribution in [0.25, 0.3) is 0 Å². The lowest BCUT2D eigenvalue weighted by Crippen LogP contribution is -2.29. The molecule has 0 atom stereocenters. The van der Waals surface area contributed by atoms with Gasteiger partial charge in [-0.1, -0.05) is 24.6 Å². The van der Waals surface area contributed by atoms with E-state index in [0.29, 0.717) is 18.7 Å². The Hall–Kier alpha value is -1.51. The van der Waals surface area contributed by atoms with Crippen LogP contribution < -0.4 is 0 Å². The topological polar surface area (TPSA) is 40.5 Å². The number of hydrogen-bond donors (Lipinski definition) is 1. The van der Waals surface area contributed by atoms with E-state index in [4.69, 9.17) is 0 Å². The number of nitrogens with zero attached hydrogens (tertiary/aromatic N) is 1. The minimum Gasteiger partial charge on any atom is -0.507 e. The fraction of sp³-hybridized carbons (Fsp3) is 0.500. The fourth-order valence-corrected chi connectivity index (χ4v) is 2.26. The first kappa shape index (κ1) is 12.0. The minimum atomic E-state index is 0.211. The van der Waals surface area contributed by atoms with Gasteiger partial charge in [0.15, 0.2) is 0 Å². The van der Waals surface area contributed by atoms with Gasteiger partial charge in [0.1, 0.15) is 5.75 Å². The van der Waals surface area contributed by atoms with Crippen molar-refractivity contribution >= 4 is 5.91 Å². The molecule has 0 bridgehead atoms. The van der Waals surface area contributed by atoms with E-state index in [0.717, 1.165) is 36.9 Å². The third kappa shape index (κ3) is 2.78. The van der Waals surface area contributed by atoms with Gasteiger partial charge in [-0.15, -0.1) is 0 Å². The number of hydrogen-bond acceptors (Lipinski definition) is 2. The van der Waals surface area contributed by atoms with Gasteiger partial charge < -0.3 is 10.0 Å². The predicted octanol–water partition coefficient (Wildman–Crippen LogP) is 2.60. The first-order valence-corrected chi connectivity index (χ1v) is 6.23. The maximum absolute atomic E-state index is 11.9. The molecule has 0 aromatic heterocycles. The second-order valence-electron chi connectivity index (χ2n) is 4.71. The number of aryl methyl sites for hydroxylation is 1. The summed E-state index contributed by atoms with van der Waals surface area (Å²) in [6.45, 7) is 3.22. The van der Waals surface area contributed by atoms with Gasteiger partial charge in [0.05, 0.1) is 0 Å². The van der Waals surface area contributed by atoms with Crippen molar-refractivity contribution in [3.63, 3.8) is 0 Å². The van der Waals surface area contributed by atoms with Gasteiger partial charge in [0.25, 0.3) is 0 Å². The van der Waals surface area contributed by atoms with E-state index in [1.807, 2.05) is 30.0 Å². The molecule has 3 nitrogen and oxygen atoms in total. The molecule has 1 aliphatic rings. The number of carbonyl (C=O) groups excluding carboxylic acids is 1. The smallest absolute Gasteiger partial charge is 0.222 e. The van der Waals surface area contributed by atoms with Gasteiger partial charge in [0, 0.05) is 25.1 Å².